The van der Waals surface area contributed by atoms with Gasteiger partial charge in [0.1, 0.15) is 17.8 Å². The topological polar surface area (TPSA) is 98.0 Å². The molecule has 3 heterocycles. The molecule has 11 heteroatoms. The number of nitrogens with one attached hydrogen (secondary N) is 1. The molecule has 2 aromatic rings. The molecular formula is C16H13ClF3N5O2. The number of hydrogen-bond donors (Lipinski definition) is 2. The van der Waals surface area contributed by atoms with Gasteiger partial charge in [-0.25, -0.2) is 9.38 Å². The predicted molar refractivity (Wildman–Crippen MR) is 91.7 cm³/mol. The summed E-state index contributed by atoms with van der Waals surface area (Å²) in [6, 6.07) is 2.00. The van der Waals surface area contributed by atoms with Gasteiger partial charge in [0.15, 0.2) is 18.0 Å². The number of hydrogen-bond acceptors (Lipinski definition) is 7. The van der Waals surface area contributed by atoms with Gasteiger partial charge in [0.05, 0.1) is 6.54 Å². The molecule has 0 spiro atoms. The molecular weight excluding hydrogens is 387 g/mol. The van der Waals surface area contributed by atoms with Crippen LogP contribution in [-0.4, -0.2) is 29.4 Å². The minimum Gasteiger partial charge on any atom is -0.459 e. The number of nitrogens with zero attached hydrogens (tertiary/aromatic N) is 3. The Morgan fingerprint density at radius 2 is 2.11 bits per heavy atom. The van der Waals surface area contributed by atoms with Gasteiger partial charge in [-0.2, -0.15) is 13.8 Å². The Morgan fingerprint density at radius 3 is 2.81 bits per heavy atom. The maximum absolute atomic E-state index is 14.7. The minimum atomic E-state index is -3.46. The summed E-state index contributed by atoms with van der Waals surface area (Å²) < 4.78 is 53.3. The van der Waals surface area contributed by atoms with Gasteiger partial charge in [-0.3, -0.25) is 4.99 Å². The fourth-order valence-corrected chi connectivity index (χ4v) is 3.10. The summed E-state index contributed by atoms with van der Waals surface area (Å²) in [5, 5.41) is 2.87. The SMILES string of the molecule is CC1(c2cc3c(cc2F)CN=C(c2coc(Cl)n2)N3)N=C(N)OCC1(F)F. The van der Waals surface area contributed by atoms with E-state index in [0.29, 0.717) is 22.8 Å². The molecule has 1 atom stereocenters. The van der Waals surface area contributed by atoms with Gasteiger partial charge in [-0.05, 0) is 30.7 Å². The first-order valence-corrected chi connectivity index (χ1v) is 8.19. The third-order valence-corrected chi connectivity index (χ3v) is 4.72. The average Bonchev–Trinajstić information content (AvgIpc) is 3.04. The van der Waals surface area contributed by atoms with Gasteiger partial charge >= 0.3 is 5.92 Å². The molecule has 0 bridgehead atoms. The fraction of sp³-hybridized carbons (Fsp3) is 0.312. The average molecular weight is 400 g/mol. The lowest BCUT2D eigenvalue weighted by Crippen LogP contribution is -2.51. The summed E-state index contributed by atoms with van der Waals surface area (Å²) in [6.45, 7) is 0.246. The summed E-state index contributed by atoms with van der Waals surface area (Å²) in [4.78, 5) is 11.9. The molecule has 0 radical (unpaired) electrons. The highest BCUT2D eigenvalue weighted by molar-refractivity contribution is 6.28. The second kappa shape index (κ2) is 5.88. The number of halogens is 4. The van der Waals surface area contributed by atoms with Crippen molar-refractivity contribution in [1.29, 1.82) is 0 Å². The van der Waals surface area contributed by atoms with Crippen LogP contribution in [0.25, 0.3) is 0 Å². The summed E-state index contributed by atoms with van der Waals surface area (Å²) in [5.41, 5.74) is 4.15. The molecule has 0 fully saturated rings. The van der Waals surface area contributed by atoms with Crippen molar-refractivity contribution in [3.8, 4) is 0 Å². The number of ether oxygens (including phenoxy) is 1. The van der Waals surface area contributed by atoms with Crippen LogP contribution in [0.2, 0.25) is 5.35 Å². The molecule has 3 N–H and O–H groups in total. The van der Waals surface area contributed by atoms with Gasteiger partial charge in [0.25, 0.3) is 11.4 Å². The molecule has 142 valence electrons. The van der Waals surface area contributed by atoms with Crippen LogP contribution in [0.4, 0.5) is 18.9 Å². The quantitative estimate of drug-likeness (QED) is 0.808. The van der Waals surface area contributed by atoms with Crippen molar-refractivity contribution in [3.63, 3.8) is 0 Å². The molecule has 2 aliphatic rings. The molecule has 0 amide bonds. The van der Waals surface area contributed by atoms with Crippen molar-refractivity contribution < 1.29 is 22.3 Å². The zero-order valence-corrected chi connectivity index (χ0v) is 14.6. The lowest BCUT2D eigenvalue weighted by atomic mass is 9.84. The maximum atomic E-state index is 14.7. The fourth-order valence-electron chi connectivity index (χ4n) is 2.97. The Balaban J connectivity index is 1.77. The second-order valence-corrected chi connectivity index (χ2v) is 6.60. The number of aromatic nitrogens is 1. The molecule has 1 aromatic carbocycles. The van der Waals surface area contributed by atoms with E-state index >= 15 is 0 Å². The van der Waals surface area contributed by atoms with Crippen molar-refractivity contribution in [3.05, 3.63) is 46.4 Å². The standard InChI is InChI=1S/C16H13ClF3N5O2/c1-15(16(19,20)6-27-14(21)25-15)8-3-10-7(2-9(8)18)4-22-12(23-10)11-5-26-13(17)24-11/h2-3,5H,4,6H2,1H3,(H2,21,25)(H,22,23). The minimum absolute atomic E-state index is 0.0701. The van der Waals surface area contributed by atoms with Crippen molar-refractivity contribution >= 4 is 29.1 Å². The number of benzene rings is 1. The number of fused-ring (bicyclic) bond motifs is 1. The van der Waals surface area contributed by atoms with E-state index in [4.69, 9.17) is 21.8 Å². The Kier molecular flexibility index (Phi) is 3.84. The predicted octanol–water partition coefficient (Wildman–Crippen LogP) is 3.03. The van der Waals surface area contributed by atoms with Gasteiger partial charge in [0.2, 0.25) is 0 Å². The highest BCUT2D eigenvalue weighted by Gasteiger charge is 2.56. The van der Waals surface area contributed by atoms with Crippen LogP contribution >= 0.6 is 11.6 Å². The number of nitrogens with two attached hydrogens (primary N) is 1. The van der Waals surface area contributed by atoms with E-state index in [1.54, 1.807) is 0 Å². The lowest BCUT2D eigenvalue weighted by molar-refractivity contribution is -0.117. The lowest BCUT2D eigenvalue weighted by Gasteiger charge is -2.38. The van der Waals surface area contributed by atoms with Crippen LogP contribution in [0.5, 0.6) is 0 Å². The van der Waals surface area contributed by atoms with Crippen molar-refractivity contribution in [1.82, 2.24) is 4.98 Å². The van der Waals surface area contributed by atoms with Gasteiger partial charge < -0.3 is 20.2 Å². The van der Waals surface area contributed by atoms with E-state index in [1.807, 2.05) is 0 Å². The van der Waals surface area contributed by atoms with Crippen LogP contribution in [-0.2, 0) is 16.8 Å². The van der Waals surface area contributed by atoms with Crippen molar-refractivity contribution in [2.45, 2.75) is 24.9 Å². The largest absolute Gasteiger partial charge is 0.459 e. The summed E-state index contributed by atoms with van der Waals surface area (Å²) >= 11 is 5.66. The van der Waals surface area contributed by atoms with E-state index in [9.17, 15) is 13.2 Å². The van der Waals surface area contributed by atoms with Crippen LogP contribution in [0, 0.1) is 5.82 Å². The van der Waals surface area contributed by atoms with E-state index in [0.717, 1.165) is 13.0 Å². The van der Waals surface area contributed by atoms with Gasteiger partial charge in [-0.1, -0.05) is 0 Å². The molecule has 0 saturated carbocycles. The number of aliphatic imine (C=N–C) groups is 2. The number of amidine groups is 2. The van der Waals surface area contributed by atoms with Crippen LogP contribution < -0.4 is 11.1 Å². The molecule has 27 heavy (non-hydrogen) atoms. The first-order chi connectivity index (χ1) is 12.7. The number of rotatable bonds is 2. The number of alkyl halides is 2. The summed E-state index contributed by atoms with van der Waals surface area (Å²) in [7, 11) is 0. The Labute approximate surface area is 156 Å². The van der Waals surface area contributed by atoms with Gasteiger partial charge in [-0.15, -0.1) is 0 Å². The van der Waals surface area contributed by atoms with E-state index < -0.39 is 29.9 Å². The maximum Gasteiger partial charge on any atom is 0.310 e. The molecule has 4 rings (SSSR count). The summed E-state index contributed by atoms with van der Waals surface area (Å²) in [5.74, 6) is -3.97. The smallest absolute Gasteiger partial charge is 0.310 e. The van der Waals surface area contributed by atoms with Crippen LogP contribution in [0.3, 0.4) is 0 Å². The Morgan fingerprint density at radius 1 is 1.33 bits per heavy atom. The van der Waals surface area contributed by atoms with E-state index in [1.165, 1.54) is 12.3 Å². The monoisotopic (exact) mass is 399 g/mol. The highest BCUT2D eigenvalue weighted by Crippen LogP contribution is 2.45. The van der Waals surface area contributed by atoms with Crippen LogP contribution in [0.1, 0.15) is 23.7 Å². The van der Waals surface area contributed by atoms with Gasteiger partial charge in [0, 0.05) is 16.8 Å². The molecule has 1 aromatic heterocycles. The van der Waals surface area contributed by atoms with Crippen molar-refractivity contribution in [2.75, 3.05) is 11.9 Å². The zero-order chi connectivity index (χ0) is 19.4. The second-order valence-electron chi connectivity index (χ2n) is 6.28. The number of anilines is 1. The van der Waals surface area contributed by atoms with Crippen LogP contribution in [0.15, 0.2) is 32.8 Å². The first kappa shape index (κ1) is 17.7. The molecule has 0 aliphatic carbocycles. The van der Waals surface area contributed by atoms with E-state index in [2.05, 4.69) is 25.0 Å². The third-order valence-electron chi connectivity index (χ3n) is 4.54. The van der Waals surface area contributed by atoms with Crippen molar-refractivity contribution in [2.24, 2.45) is 15.7 Å². The third kappa shape index (κ3) is 2.80. The zero-order valence-electron chi connectivity index (χ0n) is 13.9. The molecule has 7 nitrogen and oxygen atoms in total. The molecule has 1 unspecified atom stereocenters. The van der Waals surface area contributed by atoms with E-state index in [-0.39, 0.29) is 17.5 Å². The number of oxazole rings is 1. The molecule has 2 aliphatic heterocycles. The summed E-state index contributed by atoms with van der Waals surface area (Å²) in [6.07, 6.45) is 1.29. The first-order valence-electron chi connectivity index (χ1n) is 7.81. The molecule has 0 saturated heterocycles. The Hall–Kier alpha value is -2.75. The Bertz CT molecular complexity index is 990. The highest BCUT2D eigenvalue weighted by atomic mass is 35.5. The normalized spacial score (nSPS) is 23.6.